The highest BCUT2D eigenvalue weighted by Crippen LogP contribution is 2.32. The van der Waals surface area contributed by atoms with Gasteiger partial charge in [-0.1, -0.05) is 18.2 Å². The fourth-order valence-electron chi connectivity index (χ4n) is 4.99. The van der Waals surface area contributed by atoms with E-state index in [0.717, 1.165) is 61.9 Å². The summed E-state index contributed by atoms with van der Waals surface area (Å²) in [6.45, 7) is 4.77. The highest BCUT2D eigenvalue weighted by atomic mass is 19.1. The molecule has 4 heterocycles. The number of benzene rings is 1. The Morgan fingerprint density at radius 2 is 2.11 bits per heavy atom. The van der Waals surface area contributed by atoms with Gasteiger partial charge in [-0.25, -0.2) is 9.37 Å². The zero-order valence-electron chi connectivity index (χ0n) is 19.8. The second kappa shape index (κ2) is 10.5. The quantitative estimate of drug-likeness (QED) is 0.344. The number of nitrogens with two attached hydrogens (primary N) is 1. The summed E-state index contributed by atoms with van der Waals surface area (Å²) in [6, 6.07) is 13.4. The molecule has 2 saturated heterocycles. The van der Waals surface area contributed by atoms with Crippen LogP contribution in [-0.4, -0.2) is 66.9 Å². The van der Waals surface area contributed by atoms with E-state index in [1.54, 1.807) is 18.2 Å². The molecule has 8 nitrogen and oxygen atoms in total. The number of hydrogen-bond donors (Lipinski definition) is 4. The Balaban J connectivity index is 1.16. The first-order valence-electron chi connectivity index (χ1n) is 12.4. The van der Waals surface area contributed by atoms with Crippen LogP contribution in [0.5, 0.6) is 0 Å². The second-order valence-corrected chi connectivity index (χ2v) is 9.31. The monoisotopic (exact) mass is 476 g/mol. The molecule has 0 radical (unpaired) electrons. The minimum atomic E-state index is -0.234. The number of aromatic nitrogens is 1. The molecule has 2 aromatic rings. The van der Waals surface area contributed by atoms with Crippen molar-refractivity contribution < 1.29 is 4.39 Å². The molecule has 0 spiro atoms. The van der Waals surface area contributed by atoms with Gasteiger partial charge in [0.25, 0.3) is 0 Å². The summed E-state index contributed by atoms with van der Waals surface area (Å²) in [5.41, 5.74) is 7.46. The summed E-state index contributed by atoms with van der Waals surface area (Å²) in [7, 11) is 0. The molecule has 2 fully saturated rings. The van der Waals surface area contributed by atoms with Crippen LogP contribution in [0.3, 0.4) is 0 Å². The Bertz CT molecular complexity index is 1110. The van der Waals surface area contributed by atoms with E-state index in [1.807, 2.05) is 35.2 Å². The maximum atomic E-state index is 13.7. The second-order valence-electron chi connectivity index (χ2n) is 9.31. The Morgan fingerprint density at radius 1 is 1.26 bits per heavy atom. The minimum Gasteiger partial charge on any atom is -0.360 e. The van der Waals surface area contributed by atoms with Gasteiger partial charge in [-0.3, -0.25) is 10.4 Å². The van der Waals surface area contributed by atoms with Gasteiger partial charge in [0, 0.05) is 38.8 Å². The van der Waals surface area contributed by atoms with Gasteiger partial charge in [-0.05, 0) is 54.8 Å². The van der Waals surface area contributed by atoms with Crippen LogP contribution in [0.2, 0.25) is 0 Å². The van der Waals surface area contributed by atoms with Crippen LogP contribution in [0, 0.1) is 11.2 Å². The third-order valence-corrected chi connectivity index (χ3v) is 6.86. The van der Waals surface area contributed by atoms with E-state index in [0.29, 0.717) is 25.0 Å². The Hall–Kier alpha value is -3.30. The molecule has 3 aliphatic rings. The molecule has 0 saturated carbocycles. The third kappa shape index (κ3) is 5.36. The van der Waals surface area contributed by atoms with Crippen molar-refractivity contribution in [3.05, 3.63) is 71.7 Å². The molecule has 9 heteroatoms. The van der Waals surface area contributed by atoms with Crippen molar-refractivity contribution in [1.82, 2.24) is 20.5 Å². The van der Waals surface area contributed by atoms with Gasteiger partial charge in [-0.2, -0.15) is 0 Å². The number of likely N-dealkylation sites (tertiary alicyclic amines) is 1. The minimum absolute atomic E-state index is 0.0167. The first kappa shape index (κ1) is 23.4. The topological polar surface area (TPSA) is 106 Å². The van der Waals surface area contributed by atoms with Crippen LogP contribution in [0.25, 0.3) is 0 Å². The molecule has 1 aromatic carbocycles. The van der Waals surface area contributed by atoms with Crippen LogP contribution in [0.1, 0.15) is 36.2 Å². The van der Waals surface area contributed by atoms with Crippen molar-refractivity contribution >= 4 is 17.5 Å². The van der Waals surface area contributed by atoms with E-state index in [1.165, 1.54) is 6.07 Å². The lowest BCUT2D eigenvalue weighted by Crippen LogP contribution is -2.59. The van der Waals surface area contributed by atoms with Crippen LogP contribution in [-0.2, 0) is 0 Å². The lowest BCUT2D eigenvalue weighted by Gasteiger charge is -2.40. The van der Waals surface area contributed by atoms with Crippen LogP contribution in [0.4, 0.5) is 10.2 Å². The van der Waals surface area contributed by atoms with Crippen LogP contribution >= 0.6 is 0 Å². The lowest BCUT2D eigenvalue weighted by atomic mass is 10.0. The molecule has 0 aliphatic carbocycles. The van der Waals surface area contributed by atoms with Gasteiger partial charge in [0.1, 0.15) is 23.3 Å². The standard InChI is InChI=1S/C26H33FN8/c27-19-5-1-4-18(14-19)23-7-3-13-35(23)24(29)9-10-25-31-15-22(32-25)21-6-2-8-26(33-21)34-16-20(17-34)30-12-11-28/h1-2,4-6,8-10,14,20,22-23,29-30H,3,7,11-13,15-17,28H2,(H,31,32)/b10-9-,29-24?. The lowest BCUT2D eigenvalue weighted by molar-refractivity contribution is 0.398. The van der Waals surface area contributed by atoms with Crippen LogP contribution < -0.4 is 21.3 Å². The maximum absolute atomic E-state index is 13.7. The number of nitrogens with zero attached hydrogens (tertiary/aromatic N) is 4. The Morgan fingerprint density at radius 3 is 2.94 bits per heavy atom. The smallest absolute Gasteiger partial charge is 0.129 e. The number of amidine groups is 2. The summed E-state index contributed by atoms with van der Waals surface area (Å²) in [4.78, 5) is 13.8. The Labute approximate surface area is 205 Å². The summed E-state index contributed by atoms with van der Waals surface area (Å²) in [5.74, 6) is 1.92. The third-order valence-electron chi connectivity index (χ3n) is 6.86. The van der Waals surface area contributed by atoms with E-state index in [-0.39, 0.29) is 17.9 Å². The van der Waals surface area contributed by atoms with Gasteiger partial charge in [0.05, 0.1) is 24.3 Å². The van der Waals surface area contributed by atoms with Gasteiger partial charge in [-0.15, -0.1) is 0 Å². The van der Waals surface area contributed by atoms with Gasteiger partial charge in [0.2, 0.25) is 0 Å². The molecule has 0 bridgehead atoms. The van der Waals surface area contributed by atoms with E-state index in [4.69, 9.17) is 16.1 Å². The Kier molecular flexibility index (Phi) is 7.06. The van der Waals surface area contributed by atoms with Crippen molar-refractivity contribution in [2.24, 2.45) is 10.7 Å². The number of halogens is 1. The fraction of sp³-hybridized carbons (Fsp3) is 0.423. The maximum Gasteiger partial charge on any atom is 0.129 e. The number of hydrogen-bond acceptors (Lipinski definition) is 7. The molecular formula is C26H33FN8. The first-order valence-corrected chi connectivity index (χ1v) is 12.4. The molecular weight excluding hydrogens is 443 g/mol. The van der Waals surface area contributed by atoms with Gasteiger partial charge < -0.3 is 26.2 Å². The number of anilines is 1. The molecule has 1 aromatic heterocycles. The predicted octanol–water partition coefficient (Wildman–Crippen LogP) is 2.37. The summed E-state index contributed by atoms with van der Waals surface area (Å²) < 4.78 is 13.7. The van der Waals surface area contributed by atoms with Crippen molar-refractivity contribution in [3.8, 4) is 0 Å². The average molecular weight is 477 g/mol. The fourth-order valence-corrected chi connectivity index (χ4v) is 4.99. The van der Waals surface area contributed by atoms with Crippen molar-refractivity contribution in [2.75, 3.05) is 44.2 Å². The molecule has 184 valence electrons. The number of rotatable bonds is 8. The predicted molar refractivity (Wildman–Crippen MR) is 137 cm³/mol. The molecule has 2 unspecified atom stereocenters. The average Bonchev–Trinajstić information content (AvgIpc) is 3.52. The molecule has 2 atom stereocenters. The van der Waals surface area contributed by atoms with E-state index in [2.05, 4.69) is 20.5 Å². The van der Waals surface area contributed by atoms with Crippen molar-refractivity contribution in [2.45, 2.75) is 31.0 Å². The van der Waals surface area contributed by atoms with E-state index < -0.39 is 0 Å². The zero-order chi connectivity index (χ0) is 24.2. The number of pyridine rings is 1. The van der Waals surface area contributed by atoms with Crippen molar-refractivity contribution in [1.29, 1.82) is 5.41 Å². The normalized spacial score (nSPS) is 22.4. The SMILES string of the molecule is N=C(/C=C\C1=NCC(c2cccc(N3CC(NCCN)C3)n2)N1)N1CCCC1c1cccc(F)c1. The molecule has 5 rings (SSSR count). The van der Waals surface area contributed by atoms with E-state index >= 15 is 0 Å². The first-order chi connectivity index (χ1) is 17.1. The molecule has 35 heavy (non-hydrogen) atoms. The summed E-state index contributed by atoms with van der Waals surface area (Å²) in [5, 5.41) is 15.5. The number of nitrogens with one attached hydrogen (secondary N) is 3. The number of aliphatic imine (C=N–C) groups is 1. The highest BCUT2D eigenvalue weighted by molar-refractivity contribution is 6.01. The van der Waals surface area contributed by atoms with Crippen LogP contribution in [0.15, 0.2) is 59.6 Å². The zero-order valence-corrected chi connectivity index (χ0v) is 19.8. The van der Waals surface area contributed by atoms with Gasteiger partial charge in [0.15, 0.2) is 0 Å². The summed E-state index contributed by atoms with van der Waals surface area (Å²) in [6.07, 6.45) is 5.55. The molecule has 5 N–H and O–H groups in total. The van der Waals surface area contributed by atoms with E-state index in [9.17, 15) is 4.39 Å². The molecule has 0 amide bonds. The molecule has 3 aliphatic heterocycles. The van der Waals surface area contributed by atoms with Gasteiger partial charge >= 0.3 is 0 Å². The largest absolute Gasteiger partial charge is 0.360 e. The highest BCUT2D eigenvalue weighted by Gasteiger charge is 2.29. The van der Waals surface area contributed by atoms with Crippen molar-refractivity contribution in [3.63, 3.8) is 0 Å². The summed E-state index contributed by atoms with van der Waals surface area (Å²) >= 11 is 0.